The minimum absolute atomic E-state index is 0.100. The zero-order valence-corrected chi connectivity index (χ0v) is 15.3. The van der Waals surface area contributed by atoms with Crippen LogP contribution in [0.3, 0.4) is 0 Å². The molecule has 5 nitrogen and oxygen atoms in total. The molecule has 1 saturated heterocycles. The Morgan fingerprint density at radius 1 is 1.04 bits per heavy atom. The maximum Gasteiger partial charge on any atom is 0.246 e. The van der Waals surface area contributed by atoms with E-state index in [9.17, 15) is 4.79 Å². The Bertz CT molecular complexity index is 630. The zero-order chi connectivity index (χ0) is 17.8. The number of ether oxygens (including phenoxy) is 3. The van der Waals surface area contributed by atoms with Gasteiger partial charge in [0, 0.05) is 18.7 Å². The molecule has 0 aromatic heterocycles. The van der Waals surface area contributed by atoms with Gasteiger partial charge in [0.15, 0.2) is 11.5 Å². The summed E-state index contributed by atoms with van der Waals surface area (Å²) in [5.74, 6) is 2.53. The number of nitrogens with zero attached hydrogens (tertiary/aromatic N) is 1. The minimum Gasteiger partial charge on any atom is -0.493 e. The Hall–Kier alpha value is -2.17. The van der Waals surface area contributed by atoms with Gasteiger partial charge >= 0.3 is 0 Å². The molecule has 3 rings (SSSR count). The normalized spacial score (nSPS) is 22.8. The van der Waals surface area contributed by atoms with Gasteiger partial charge in [-0.15, -0.1) is 0 Å². The Labute approximate surface area is 149 Å². The highest BCUT2D eigenvalue weighted by atomic mass is 16.5. The van der Waals surface area contributed by atoms with Crippen LogP contribution in [0.4, 0.5) is 0 Å². The third-order valence-electron chi connectivity index (χ3n) is 5.40. The third kappa shape index (κ3) is 3.60. The van der Waals surface area contributed by atoms with Crippen LogP contribution in [0.5, 0.6) is 17.2 Å². The lowest BCUT2D eigenvalue weighted by Gasteiger charge is -2.31. The van der Waals surface area contributed by atoms with Crippen LogP contribution in [-0.4, -0.2) is 44.7 Å². The van der Waals surface area contributed by atoms with E-state index in [0.29, 0.717) is 29.2 Å². The maximum atomic E-state index is 12.7. The molecule has 2 unspecified atom stereocenters. The first kappa shape index (κ1) is 17.6. The van der Waals surface area contributed by atoms with Crippen LogP contribution in [0.15, 0.2) is 18.2 Å². The number of hydrogen-bond acceptors (Lipinski definition) is 4. The van der Waals surface area contributed by atoms with Crippen molar-refractivity contribution in [3.05, 3.63) is 23.8 Å². The van der Waals surface area contributed by atoms with Gasteiger partial charge in [-0.05, 0) is 49.0 Å². The molecule has 1 amide bonds. The highest BCUT2D eigenvalue weighted by molar-refractivity contribution is 5.92. The summed E-state index contributed by atoms with van der Waals surface area (Å²) in [5.41, 5.74) is 0.849. The second-order valence-corrected chi connectivity index (χ2v) is 6.72. The first-order valence-corrected chi connectivity index (χ1v) is 8.96. The number of hydrogen-bond donors (Lipinski definition) is 0. The Morgan fingerprint density at radius 2 is 1.72 bits per heavy atom. The summed E-state index contributed by atoms with van der Waals surface area (Å²) in [6, 6.07) is 4.13. The van der Waals surface area contributed by atoms with E-state index in [-0.39, 0.29) is 5.91 Å². The molecule has 0 radical (unpaired) electrons. The third-order valence-corrected chi connectivity index (χ3v) is 5.40. The number of rotatable bonds is 5. The van der Waals surface area contributed by atoms with E-state index in [4.69, 9.17) is 14.2 Å². The second kappa shape index (κ2) is 7.81. The Balaban J connectivity index is 1.76. The SMILES string of the molecule is COc1cc(C=CC(=O)N2CCC3CCCCC32)cc(OC)c1OC. The molecule has 1 heterocycles. The number of likely N-dealkylation sites (tertiary alicyclic amines) is 1. The summed E-state index contributed by atoms with van der Waals surface area (Å²) >= 11 is 0. The van der Waals surface area contributed by atoms with Gasteiger partial charge in [-0.3, -0.25) is 4.79 Å². The van der Waals surface area contributed by atoms with Gasteiger partial charge in [-0.25, -0.2) is 0 Å². The van der Waals surface area contributed by atoms with E-state index in [1.54, 1.807) is 27.4 Å². The first-order chi connectivity index (χ1) is 12.2. The summed E-state index contributed by atoms with van der Waals surface area (Å²) < 4.78 is 16.1. The molecule has 5 heteroatoms. The van der Waals surface area contributed by atoms with Crippen molar-refractivity contribution in [1.82, 2.24) is 4.90 Å². The molecule has 2 aliphatic rings. The number of fused-ring (bicyclic) bond motifs is 1. The van der Waals surface area contributed by atoms with Crippen LogP contribution in [-0.2, 0) is 4.79 Å². The largest absolute Gasteiger partial charge is 0.493 e. The quantitative estimate of drug-likeness (QED) is 0.766. The Morgan fingerprint density at radius 3 is 2.36 bits per heavy atom. The molecule has 0 spiro atoms. The van der Waals surface area contributed by atoms with E-state index in [1.165, 1.54) is 19.3 Å². The molecule has 1 aliphatic carbocycles. The van der Waals surface area contributed by atoms with Gasteiger partial charge in [0.1, 0.15) is 0 Å². The zero-order valence-electron chi connectivity index (χ0n) is 15.3. The number of carbonyl (C=O) groups is 1. The van der Waals surface area contributed by atoms with E-state index in [2.05, 4.69) is 4.90 Å². The molecule has 1 aromatic carbocycles. The fourth-order valence-corrected chi connectivity index (χ4v) is 4.14. The van der Waals surface area contributed by atoms with Crippen molar-refractivity contribution in [3.8, 4) is 17.2 Å². The van der Waals surface area contributed by atoms with Crippen molar-refractivity contribution in [2.45, 2.75) is 38.1 Å². The molecule has 25 heavy (non-hydrogen) atoms. The van der Waals surface area contributed by atoms with Crippen molar-refractivity contribution < 1.29 is 19.0 Å². The molecular weight excluding hydrogens is 318 g/mol. The molecule has 136 valence electrons. The van der Waals surface area contributed by atoms with Crippen molar-refractivity contribution in [3.63, 3.8) is 0 Å². The summed E-state index contributed by atoms with van der Waals surface area (Å²) in [6.45, 7) is 0.883. The standard InChI is InChI=1S/C20H27NO4/c1-23-17-12-14(13-18(24-2)20(17)25-3)8-9-19(22)21-11-10-15-6-4-5-7-16(15)21/h8-9,12-13,15-16H,4-7,10-11H2,1-3H3. The Kier molecular flexibility index (Phi) is 5.51. The topological polar surface area (TPSA) is 48.0 Å². The molecule has 1 saturated carbocycles. The van der Waals surface area contributed by atoms with Crippen LogP contribution in [0, 0.1) is 5.92 Å². The van der Waals surface area contributed by atoms with Crippen LogP contribution >= 0.6 is 0 Å². The van der Waals surface area contributed by atoms with E-state index >= 15 is 0 Å². The fraction of sp³-hybridized carbons (Fsp3) is 0.550. The van der Waals surface area contributed by atoms with Gasteiger partial charge in [0.2, 0.25) is 11.7 Å². The van der Waals surface area contributed by atoms with Crippen molar-refractivity contribution in [1.29, 1.82) is 0 Å². The van der Waals surface area contributed by atoms with Gasteiger partial charge in [-0.2, -0.15) is 0 Å². The summed E-state index contributed by atoms with van der Waals surface area (Å²) in [6.07, 6.45) is 9.60. The predicted molar refractivity (Wildman–Crippen MR) is 97.2 cm³/mol. The molecular formula is C20H27NO4. The fourth-order valence-electron chi connectivity index (χ4n) is 4.14. The average Bonchev–Trinajstić information content (AvgIpc) is 3.09. The first-order valence-electron chi connectivity index (χ1n) is 8.96. The highest BCUT2D eigenvalue weighted by Gasteiger charge is 2.37. The smallest absolute Gasteiger partial charge is 0.246 e. The number of carbonyl (C=O) groups excluding carboxylic acids is 1. The average molecular weight is 345 g/mol. The number of amides is 1. The predicted octanol–water partition coefficient (Wildman–Crippen LogP) is 3.52. The van der Waals surface area contributed by atoms with Gasteiger partial charge in [0.05, 0.1) is 21.3 Å². The van der Waals surface area contributed by atoms with E-state index < -0.39 is 0 Å². The van der Waals surface area contributed by atoms with Crippen molar-refractivity contribution >= 4 is 12.0 Å². The molecule has 1 aliphatic heterocycles. The van der Waals surface area contributed by atoms with Crippen LogP contribution in [0.25, 0.3) is 6.08 Å². The van der Waals surface area contributed by atoms with E-state index in [0.717, 1.165) is 24.9 Å². The highest BCUT2D eigenvalue weighted by Crippen LogP contribution is 2.39. The van der Waals surface area contributed by atoms with Gasteiger partial charge in [0.25, 0.3) is 0 Å². The molecule has 0 N–H and O–H groups in total. The lowest BCUT2D eigenvalue weighted by molar-refractivity contribution is -0.127. The molecule has 2 atom stereocenters. The summed E-state index contributed by atoms with van der Waals surface area (Å²) in [7, 11) is 4.75. The number of methoxy groups -OCH3 is 3. The molecule has 1 aromatic rings. The molecule has 2 fully saturated rings. The summed E-state index contributed by atoms with van der Waals surface area (Å²) in [5, 5.41) is 0. The number of benzene rings is 1. The van der Waals surface area contributed by atoms with Crippen LogP contribution < -0.4 is 14.2 Å². The second-order valence-electron chi connectivity index (χ2n) is 6.72. The minimum atomic E-state index is 0.100. The van der Waals surface area contributed by atoms with Gasteiger partial charge < -0.3 is 19.1 Å². The maximum absolute atomic E-state index is 12.7. The molecule has 0 bridgehead atoms. The lowest BCUT2D eigenvalue weighted by atomic mass is 9.85. The summed E-state index contributed by atoms with van der Waals surface area (Å²) in [4.78, 5) is 14.7. The lowest BCUT2D eigenvalue weighted by Crippen LogP contribution is -2.38. The van der Waals surface area contributed by atoms with E-state index in [1.807, 2.05) is 18.2 Å². The van der Waals surface area contributed by atoms with Crippen LogP contribution in [0.1, 0.15) is 37.7 Å². The van der Waals surface area contributed by atoms with Crippen molar-refractivity contribution in [2.24, 2.45) is 5.92 Å². The van der Waals surface area contributed by atoms with Crippen molar-refractivity contribution in [2.75, 3.05) is 27.9 Å². The monoisotopic (exact) mass is 345 g/mol. The van der Waals surface area contributed by atoms with Gasteiger partial charge in [-0.1, -0.05) is 12.8 Å². The van der Waals surface area contributed by atoms with Crippen LogP contribution in [0.2, 0.25) is 0 Å².